The molecule has 27 heavy (non-hydrogen) atoms. The lowest BCUT2D eigenvalue weighted by Crippen LogP contribution is -2.20. The first-order valence-electron chi connectivity index (χ1n) is 9.75. The average molecular weight is 366 g/mol. The molecule has 0 saturated heterocycles. The van der Waals surface area contributed by atoms with Gasteiger partial charge < -0.3 is 4.90 Å². The Kier molecular flexibility index (Phi) is 7.11. The SMILES string of the molecule is C=C(/C=C\C=C(/C)C(C)(C)C)C(=C)N(C)c1cc(C(C)(C)C)c(C)cc1C. The van der Waals surface area contributed by atoms with E-state index in [1.165, 1.54) is 28.0 Å². The standard InChI is InChI=1S/C26H39N/c1-18(14-13-15-21(4)25(6,7)8)22(5)27(12)24-17-23(26(9,10)11)19(2)16-20(24)3/h13-17H,1,5H2,2-4,6-12H3/b14-13-,21-15+. The molecule has 0 fully saturated rings. The van der Waals surface area contributed by atoms with Crippen LogP contribution in [0.5, 0.6) is 0 Å². The lowest BCUT2D eigenvalue weighted by atomic mass is 9.83. The molecule has 0 N–H and O–H groups in total. The van der Waals surface area contributed by atoms with E-state index in [0.29, 0.717) is 0 Å². The minimum absolute atomic E-state index is 0.112. The van der Waals surface area contributed by atoms with Gasteiger partial charge in [-0.1, -0.05) is 84.6 Å². The Bertz CT molecular complexity index is 774. The van der Waals surface area contributed by atoms with Gasteiger partial charge in [0.1, 0.15) is 0 Å². The third-order valence-corrected chi connectivity index (χ3v) is 5.31. The first kappa shape index (κ1) is 23.0. The van der Waals surface area contributed by atoms with Crippen LogP contribution >= 0.6 is 0 Å². The summed E-state index contributed by atoms with van der Waals surface area (Å²) in [5.74, 6) is 0. The van der Waals surface area contributed by atoms with Crippen LogP contribution in [0.3, 0.4) is 0 Å². The van der Waals surface area contributed by atoms with Gasteiger partial charge in [0.05, 0.1) is 0 Å². The lowest BCUT2D eigenvalue weighted by molar-refractivity contribution is 0.504. The molecular formula is C26H39N. The van der Waals surface area contributed by atoms with Crippen molar-refractivity contribution in [2.75, 3.05) is 11.9 Å². The molecule has 148 valence electrons. The van der Waals surface area contributed by atoms with Crippen molar-refractivity contribution in [3.63, 3.8) is 0 Å². The molecule has 1 nitrogen and oxygen atoms in total. The van der Waals surface area contributed by atoms with Gasteiger partial charge in [-0.2, -0.15) is 0 Å². The topological polar surface area (TPSA) is 3.24 Å². The summed E-state index contributed by atoms with van der Waals surface area (Å²) in [7, 11) is 2.07. The van der Waals surface area contributed by atoms with Crippen LogP contribution in [-0.2, 0) is 5.41 Å². The summed E-state index contributed by atoms with van der Waals surface area (Å²) in [6.45, 7) is 28.5. The number of nitrogens with zero attached hydrogens (tertiary/aromatic N) is 1. The Morgan fingerprint density at radius 1 is 0.963 bits per heavy atom. The summed E-state index contributed by atoms with van der Waals surface area (Å²) < 4.78 is 0. The van der Waals surface area contributed by atoms with E-state index in [9.17, 15) is 0 Å². The molecule has 0 heterocycles. The molecule has 0 aliphatic carbocycles. The number of benzene rings is 1. The van der Waals surface area contributed by atoms with Gasteiger partial charge in [0.2, 0.25) is 0 Å². The second-order valence-electron chi connectivity index (χ2n) is 9.69. The molecular weight excluding hydrogens is 326 g/mol. The number of aryl methyl sites for hydroxylation is 2. The molecule has 0 aromatic heterocycles. The highest BCUT2D eigenvalue weighted by molar-refractivity contribution is 5.64. The maximum absolute atomic E-state index is 4.29. The zero-order chi connectivity index (χ0) is 21.2. The maximum atomic E-state index is 4.29. The summed E-state index contributed by atoms with van der Waals surface area (Å²) in [6.07, 6.45) is 6.28. The third kappa shape index (κ3) is 5.99. The van der Waals surface area contributed by atoms with Crippen LogP contribution in [0.15, 0.2) is 60.4 Å². The molecule has 1 aromatic rings. The van der Waals surface area contributed by atoms with Crippen molar-refractivity contribution in [2.45, 2.75) is 67.7 Å². The molecule has 0 unspecified atom stereocenters. The van der Waals surface area contributed by atoms with Crippen LogP contribution in [0.25, 0.3) is 0 Å². The minimum Gasteiger partial charge on any atom is -0.344 e. The fraction of sp³-hybridized carbons (Fsp3) is 0.462. The molecule has 0 amide bonds. The van der Waals surface area contributed by atoms with Crippen molar-refractivity contribution >= 4 is 5.69 Å². The van der Waals surface area contributed by atoms with Gasteiger partial charge in [-0.25, -0.2) is 0 Å². The number of anilines is 1. The summed E-state index contributed by atoms with van der Waals surface area (Å²) in [5, 5.41) is 0. The number of rotatable bonds is 5. The first-order chi connectivity index (χ1) is 12.2. The summed E-state index contributed by atoms with van der Waals surface area (Å²) >= 11 is 0. The molecule has 0 bridgehead atoms. The second kappa shape index (κ2) is 8.33. The van der Waals surface area contributed by atoms with Crippen LogP contribution in [0.2, 0.25) is 0 Å². The van der Waals surface area contributed by atoms with E-state index >= 15 is 0 Å². The van der Waals surface area contributed by atoms with Crippen LogP contribution in [0, 0.1) is 19.3 Å². The largest absolute Gasteiger partial charge is 0.344 e. The van der Waals surface area contributed by atoms with Gasteiger partial charge >= 0.3 is 0 Å². The smallest absolute Gasteiger partial charge is 0.0440 e. The number of likely N-dealkylation sites (N-methyl/N-ethyl adjacent to an activating group) is 1. The van der Waals surface area contributed by atoms with Crippen LogP contribution in [0.4, 0.5) is 5.69 Å². The Morgan fingerprint density at radius 3 is 2.00 bits per heavy atom. The third-order valence-electron chi connectivity index (χ3n) is 5.31. The van der Waals surface area contributed by atoms with Gasteiger partial charge in [0.15, 0.2) is 0 Å². The van der Waals surface area contributed by atoms with E-state index in [0.717, 1.165) is 11.3 Å². The zero-order valence-electron chi connectivity index (χ0n) is 19.2. The molecule has 0 radical (unpaired) electrons. The zero-order valence-corrected chi connectivity index (χ0v) is 19.2. The van der Waals surface area contributed by atoms with E-state index < -0.39 is 0 Å². The van der Waals surface area contributed by atoms with Gasteiger partial charge in [-0.15, -0.1) is 0 Å². The molecule has 0 spiro atoms. The Hall–Kier alpha value is -2.02. The van der Waals surface area contributed by atoms with E-state index in [-0.39, 0.29) is 10.8 Å². The molecule has 0 aliphatic heterocycles. The summed E-state index contributed by atoms with van der Waals surface area (Å²) in [4.78, 5) is 2.15. The molecule has 0 atom stereocenters. The highest BCUT2D eigenvalue weighted by atomic mass is 15.1. The fourth-order valence-electron chi connectivity index (χ4n) is 3.03. The van der Waals surface area contributed by atoms with Gasteiger partial charge in [-0.05, 0) is 59.9 Å². The maximum Gasteiger partial charge on any atom is 0.0440 e. The van der Waals surface area contributed by atoms with E-state index in [4.69, 9.17) is 0 Å². The van der Waals surface area contributed by atoms with Crippen molar-refractivity contribution in [2.24, 2.45) is 5.41 Å². The van der Waals surface area contributed by atoms with Crippen LogP contribution in [-0.4, -0.2) is 7.05 Å². The quantitative estimate of drug-likeness (QED) is 0.484. The average Bonchev–Trinajstić information content (AvgIpc) is 2.51. The van der Waals surface area contributed by atoms with Crippen LogP contribution in [0.1, 0.15) is 65.2 Å². The number of hydrogen-bond acceptors (Lipinski definition) is 1. The van der Waals surface area contributed by atoms with Crippen molar-refractivity contribution < 1.29 is 0 Å². The highest BCUT2D eigenvalue weighted by Crippen LogP contribution is 2.33. The van der Waals surface area contributed by atoms with Crippen molar-refractivity contribution in [1.82, 2.24) is 0 Å². The normalized spacial score (nSPS) is 13.2. The Morgan fingerprint density at radius 2 is 1.52 bits per heavy atom. The van der Waals surface area contributed by atoms with Crippen molar-refractivity contribution in [3.8, 4) is 0 Å². The first-order valence-corrected chi connectivity index (χ1v) is 9.75. The minimum atomic E-state index is 0.112. The van der Waals surface area contributed by atoms with Crippen molar-refractivity contribution in [3.05, 3.63) is 77.1 Å². The molecule has 1 rings (SSSR count). The monoisotopic (exact) mass is 365 g/mol. The predicted octanol–water partition coefficient (Wildman–Crippen LogP) is 7.66. The lowest BCUT2D eigenvalue weighted by Gasteiger charge is -2.29. The Labute approximate surface area is 168 Å². The second-order valence-corrected chi connectivity index (χ2v) is 9.69. The van der Waals surface area contributed by atoms with Gasteiger partial charge in [0, 0.05) is 18.4 Å². The van der Waals surface area contributed by atoms with Crippen LogP contribution < -0.4 is 4.90 Å². The van der Waals surface area contributed by atoms with Crippen molar-refractivity contribution in [1.29, 1.82) is 0 Å². The number of hydrogen-bond donors (Lipinski definition) is 0. The van der Waals surface area contributed by atoms with Gasteiger partial charge in [-0.3, -0.25) is 0 Å². The van der Waals surface area contributed by atoms with E-state index in [1.54, 1.807) is 0 Å². The molecule has 0 saturated carbocycles. The highest BCUT2D eigenvalue weighted by Gasteiger charge is 2.20. The molecule has 0 aliphatic rings. The molecule has 1 heteroatoms. The van der Waals surface area contributed by atoms with E-state index in [1.807, 2.05) is 6.08 Å². The van der Waals surface area contributed by atoms with E-state index in [2.05, 4.69) is 112 Å². The van der Waals surface area contributed by atoms with Gasteiger partial charge in [0.25, 0.3) is 0 Å². The Balaban J connectivity index is 3.11. The predicted molar refractivity (Wildman–Crippen MR) is 124 cm³/mol. The summed E-state index contributed by atoms with van der Waals surface area (Å²) in [6, 6.07) is 4.57. The molecule has 1 aromatic carbocycles. The number of allylic oxidation sites excluding steroid dienone is 4. The summed E-state index contributed by atoms with van der Waals surface area (Å²) in [5.41, 5.74) is 8.62. The fourth-order valence-corrected chi connectivity index (χ4v) is 3.03.